The lowest BCUT2D eigenvalue weighted by Crippen LogP contribution is -1.96. The van der Waals surface area contributed by atoms with Gasteiger partial charge in [0.05, 0.1) is 11.5 Å². The highest BCUT2D eigenvalue weighted by Gasteiger charge is 2.11. The van der Waals surface area contributed by atoms with Crippen LogP contribution in [0.3, 0.4) is 0 Å². The number of rotatable bonds is 1. The van der Waals surface area contributed by atoms with Crippen molar-refractivity contribution in [1.82, 2.24) is 0 Å². The van der Waals surface area contributed by atoms with Gasteiger partial charge in [0.15, 0.2) is 5.78 Å². The number of ether oxygens (including phenoxy) is 1. The zero-order valence-electron chi connectivity index (χ0n) is 8.08. The first-order valence-corrected chi connectivity index (χ1v) is 5.66. The molecule has 0 unspecified atom stereocenters. The number of hydrogen-bond donors (Lipinski definition) is 0. The van der Waals surface area contributed by atoms with Gasteiger partial charge < -0.3 is 4.74 Å². The second-order valence-corrected chi connectivity index (χ2v) is 4.40. The number of benzene rings is 1. The highest BCUT2D eigenvalue weighted by molar-refractivity contribution is 7.99. The standard InChI is InChI=1S/C11H12O2S/c1-8(12)9-3-4-10-11(7-9)14-6-2-5-13-10/h3-4,7H,2,5-6H2,1H3. The minimum Gasteiger partial charge on any atom is -0.492 e. The van der Waals surface area contributed by atoms with Crippen LogP contribution in [0.1, 0.15) is 23.7 Å². The van der Waals surface area contributed by atoms with Gasteiger partial charge in [-0.05, 0) is 31.5 Å². The fourth-order valence-electron chi connectivity index (χ4n) is 1.38. The van der Waals surface area contributed by atoms with Gasteiger partial charge in [-0.1, -0.05) is 0 Å². The highest BCUT2D eigenvalue weighted by Crippen LogP contribution is 2.33. The molecule has 1 aromatic carbocycles. The Morgan fingerprint density at radius 1 is 1.50 bits per heavy atom. The van der Waals surface area contributed by atoms with Gasteiger partial charge in [-0.15, -0.1) is 11.8 Å². The number of ketones is 1. The van der Waals surface area contributed by atoms with E-state index in [1.807, 2.05) is 18.2 Å². The fraction of sp³-hybridized carbons (Fsp3) is 0.364. The zero-order valence-corrected chi connectivity index (χ0v) is 8.89. The first kappa shape index (κ1) is 9.59. The molecule has 1 aliphatic heterocycles. The van der Waals surface area contributed by atoms with Crippen LogP contribution in [0.15, 0.2) is 23.1 Å². The molecule has 3 heteroatoms. The number of Topliss-reactive ketones (excluding diaryl/α,β-unsaturated/α-hetero) is 1. The maximum atomic E-state index is 11.2. The van der Waals surface area contributed by atoms with Crippen molar-refractivity contribution in [2.24, 2.45) is 0 Å². The molecule has 14 heavy (non-hydrogen) atoms. The van der Waals surface area contributed by atoms with E-state index in [2.05, 4.69) is 0 Å². The molecule has 2 rings (SSSR count). The Balaban J connectivity index is 2.37. The smallest absolute Gasteiger partial charge is 0.159 e. The molecule has 0 bridgehead atoms. The van der Waals surface area contributed by atoms with Crippen molar-refractivity contribution in [3.8, 4) is 5.75 Å². The maximum absolute atomic E-state index is 11.2. The quantitative estimate of drug-likeness (QED) is 0.664. The van der Waals surface area contributed by atoms with Crippen LogP contribution in [0.2, 0.25) is 0 Å². The summed E-state index contributed by atoms with van der Waals surface area (Å²) in [7, 11) is 0. The summed E-state index contributed by atoms with van der Waals surface area (Å²) in [5.41, 5.74) is 0.766. The minimum absolute atomic E-state index is 0.109. The monoisotopic (exact) mass is 208 g/mol. The van der Waals surface area contributed by atoms with Gasteiger partial charge in [0.2, 0.25) is 0 Å². The van der Waals surface area contributed by atoms with Crippen LogP contribution in [-0.4, -0.2) is 18.1 Å². The SMILES string of the molecule is CC(=O)c1ccc2c(c1)SCCCO2. The maximum Gasteiger partial charge on any atom is 0.159 e. The Labute approximate surface area is 87.6 Å². The van der Waals surface area contributed by atoms with E-state index in [0.29, 0.717) is 0 Å². The average Bonchev–Trinajstić information content (AvgIpc) is 2.41. The van der Waals surface area contributed by atoms with Gasteiger partial charge in [-0.25, -0.2) is 0 Å². The van der Waals surface area contributed by atoms with Gasteiger partial charge in [0.1, 0.15) is 5.75 Å². The van der Waals surface area contributed by atoms with Crippen LogP contribution in [0.4, 0.5) is 0 Å². The number of hydrogen-bond acceptors (Lipinski definition) is 3. The lowest BCUT2D eigenvalue weighted by molar-refractivity contribution is 0.101. The predicted molar refractivity (Wildman–Crippen MR) is 57.3 cm³/mol. The Bertz CT molecular complexity index is 360. The molecule has 1 aromatic rings. The summed E-state index contributed by atoms with van der Waals surface area (Å²) in [6.45, 7) is 2.36. The van der Waals surface area contributed by atoms with Gasteiger partial charge in [0, 0.05) is 11.3 Å². The molecule has 0 saturated carbocycles. The fourth-order valence-corrected chi connectivity index (χ4v) is 2.34. The van der Waals surface area contributed by atoms with Crippen LogP contribution >= 0.6 is 11.8 Å². The highest BCUT2D eigenvalue weighted by atomic mass is 32.2. The molecule has 74 valence electrons. The van der Waals surface area contributed by atoms with E-state index in [1.54, 1.807) is 18.7 Å². The van der Waals surface area contributed by atoms with Gasteiger partial charge >= 0.3 is 0 Å². The zero-order chi connectivity index (χ0) is 9.97. The van der Waals surface area contributed by atoms with Crippen molar-refractivity contribution in [2.45, 2.75) is 18.2 Å². The van der Waals surface area contributed by atoms with Crippen molar-refractivity contribution < 1.29 is 9.53 Å². The molecule has 0 saturated heterocycles. The van der Waals surface area contributed by atoms with Crippen molar-refractivity contribution in [3.63, 3.8) is 0 Å². The van der Waals surface area contributed by atoms with E-state index >= 15 is 0 Å². The van der Waals surface area contributed by atoms with Gasteiger partial charge in [-0.2, -0.15) is 0 Å². The Morgan fingerprint density at radius 3 is 3.14 bits per heavy atom. The second-order valence-electron chi connectivity index (χ2n) is 3.27. The van der Waals surface area contributed by atoms with E-state index in [-0.39, 0.29) is 5.78 Å². The normalized spacial score (nSPS) is 15.2. The summed E-state index contributed by atoms with van der Waals surface area (Å²) in [5, 5.41) is 0. The molecule has 0 radical (unpaired) electrons. The topological polar surface area (TPSA) is 26.3 Å². The van der Waals surface area contributed by atoms with Crippen molar-refractivity contribution in [1.29, 1.82) is 0 Å². The van der Waals surface area contributed by atoms with Crippen molar-refractivity contribution in [2.75, 3.05) is 12.4 Å². The molecule has 0 atom stereocenters. The summed E-state index contributed by atoms with van der Waals surface area (Å²) in [5.74, 6) is 2.09. The number of thioether (sulfide) groups is 1. The third-order valence-electron chi connectivity index (χ3n) is 2.15. The van der Waals surface area contributed by atoms with Crippen LogP contribution < -0.4 is 4.74 Å². The van der Waals surface area contributed by atoms with E-state index in [1.165, 1.54) is 0 Å². The Morgan fingerprint density at radius 2 is 2.36 bits per heavy atom. The second kappa shape index (κ2) is 4.05. The Kier molecular flexibility index (Phi) is 2.77. The minimum atomic E-state index is 0.109. The van der Waals surface area contributed by atoms with E-state index in [4.69, 9.17) is 4.74 Å². The number of carbonyl (C=O) groups is 1. The largest absolute Gasteiger partial charge is 0.492 e. The third kappa shape index (κ3) is 1.93. The molecule has 2 nitrogen and oxygen atoms in total. The lowest BCUT2D eigenvalue weighted by Gasteiger charge is -2.06. The van der Waals surface area contributed by atoms with Gasteiger partial charge in [-0.3, -0.25) is 4.79 Å². The molecule has 1 heterocycles. The van der Waals surface area contributed by atoms with E-state index in [9.17, 15) is 4.79 Å². The van der Waals surface area contributed by atoms with E-state index < -0.39 is 0 Å². The van der Waals surface area contributed by atoms with Crippen molar-refractivity contribution in [3.05, 3.63) is 23.8 Å². The van der Waals surface area contributed by atoms with Crippen LogP contribution in [-0.2, 0) is 0 Å². The van der Waals surface area contributed by atoms with Crippen molar-refractivity contribution >= 4 is 17.5 Å². The average molecular weight is 208 g/mol. The molecule has 0 aromatic heterocycles. The summed E-state index contributed by atoms with van der Waals surface area (Å²) < 4.78 is 5.55. The molecular weight excluding hydrogens is 196 g/mol. The number of fused-ring (bicyclic) bond motifs is 1. The van der Waals surface area contributed by atoms with Crippen LogP contribution in [0.5, 0.6) is 5.75 Å². The van der Waals surface area contributed by atoms with Gasteiger partial charge in [0.25, 0.3) is 0 Å². The molecule has 0 spiro atoms. The molecule has 0 amide bonds. The lowest BCUT2D eigenvalue weighted by atomic mass is 10.1. The molecule has 0 aliphatic carbocycles. The Hall–Kier alpha value is -0.960. The first-order valence-electron chi connectivity index (χ1n) is 4.68. The molecular formula is C11H12O2S. The summed E-state index contributed by atoms with van der Waals surface area (Å²) in [6.07, 6.45) is 1.06. The first-order chi connectivity index (χ1) is 6.77. The predicted octanol–water partition coefficient (Wildman–Crippen LogP) is 2.76. The van der Waals surface area contributed by atoms with E-state index in [0.717, 1.165) is 35.0 Å². The molecule has 1 aliphatic rings. The number of carbonyl (C=O) groups excluding carboxylic acids is 1. The molecule has 0 N–H and O–H groups in total. The summed E-state index contributed by atoms with van der Waals surface area (Å²) >= 11 is 1.76. The summed E-state index contributed by atoms with van der Waals surface area (Å²) in [4.78, 5) is 12.3. The third-order valence-corrected chi connectivity index (χ3v) is 3.28. The van der Waals surface area contributed by atoms with Crippen LogP contribution in [0.25, 0.3) is 0 Å². The summed E-state index contributed by atoms with van der Waals surface area (Å²) in [6, 6.07) is 5.64. The van der Waals surface area contributed by atoms with Crippen LogP contribution in [0, 0.1) is 0 Å². The molecule has 0 fully saturated rings.